The van der Waals surface area contributed by atoms with E-state index in [2.05, 4.69) is 4.74 Å². The lowest BCUT2D eigenvalue weighted by molar-refractivity contribution is -0.142. The molecule has 0 aliphatic carbocycles. The quantitative estimate of drug-likeness (QED) is 0.774. The number of anilines is 1. The minimum absolute atomic E-state index is 0.185. The van der Waals surface area contributed by atoms with Gasteiger partial charge in [-0.05, 0) is 42.3 Å². The summed E-state index contributed by atoms with van der Waals surface area (Å²) in [5.74, 6) is -0.0958. The topological polar surface area (TPSA) is 72.9 Å². The van der Waals surface area contributed by atoms with Crippen LogP contribution in [0.3, 0.4) is 0 Å². The molecule has 0 amide bonds. The monoisotopic (exact) mass is 347 g/mol. The van der Waals surface area contributed by atoms with Crippen LogP contribution in [0.15, 0.2) is 53.4 Å². The minimum atomic E-state index is -3.62. The molecule has 0 aromatic heterocycles. The minimum Gasteiger partial charge on any atom is -0.482 e. The summed E-state index contributed by atoms with van der Waals surface area (Å²) in [6.07, 6.45) is 0.704. The Balaban J connectivity index is 1.80. The molecule has 0 saturated carbocycles. The first-order valence-electron chi connectivity index (χ1n) is 7.42. The number of carbonyl (C=O) groups is 1. The van der Waals surface area contributed by atoms with Crippen LogP contribution in [-0.4, -0.2) is 34.6 Å². The van der Waals surface area contributed by atoms with Crippen molar-refractivity contribution in [2.45, 2.75) is 11.3 Å². The number of sulfonamides is 1. The third kappa shape index (κ3) is 3.07. The average Bonchev–Trinajstić information content (AvgIpc) is 3.05. The van der Waals surface area contributed by atoms with E-state index in [-0.39, 0.29) is 11.5 Å². The van der Waals surface area contributed by atoms with E-state index in [0.29, 0.717) is 18.7 Å². The number of nitrogens with zero attached hydrogens (tertiary/aromatic N) is 1. The maximum atomic E-state index is 12.8. The van der Waals surface area contributed by atoms with Gasteiger partial charge in [-0.2, -0.15) is 0 Å². The Labute approximate surface area is 140 Å². The van der Waals surface area contributed by atoms with Gasteiger partial charge in [0.15, 0.2) is 6.61 Å². The molecule has 24 heavy (non-hydrogen) atoms. The van der Waals surface area contributed by atoms with Crippen molar-refractivity contribution in [3.05, 3.63) is 54.1 Å². The van der Waals surface area contributed by atoms with Crippen molar-refractivity contribution in [3.8, 4) is 5.75 Å². The number of ether oxygens (including phenoxy) is 2. The molecular formula is C17H17NO5S. The van der Waals surface area contributed by atoms with Crippen molar-refractivity contribution in [3.63, 3.8) is 0 Å². The molecule has 0 radical (unpaired) electrons. The Morgan fingerprint density at radius 1 is 1.12 bits per heavy atom. The lowest BCUT2D eigenvalue weighted by Crippen LogP contribution is -2.29. The molecule has 0 fully saturated rings. The van der Waals surface area contributed by atoms with Gasteiger partial charge in [0.25, 0.3) is 10.0 Å². The van der Waals surface area contributed by atoms with Crippen LogP contribution in [0.2, 0.25) is 0 Å². The van der Waals surface area contributed by atoms with E-state index in [4.69, 9.17) is 4.74 Å². The number of para-hydroxylation sites is 1. The molecule has 7 heteroatoms. The van der Waals surface area contributed by atoms with E-state index < -0.39 is 16.0 Å². The smallest absolute Gasteiger partial charge is 0.343 e. The molecule has 1 aliphatic heterocycles. The number of esters is 1. The predicted molar refractivity (Wildman–Crippen MR) is 88.6 cm³/mol. The normalized spacial score (nSPS) is 13.5. The van der Waals surface area contributed by atoms with Gasteiger partial charge in [-0.3, -0.25) is 4.31 Å². The van der Waals surface area contributed by atoms with Gasteiger partial charge in [-0.15, -0.1) is 0 Å². The second-order valence-electron chi connectivity index (χ2n) is 5.29. The van der Waals surface area contributed by atoms with Crippen LogP contribution in [0.25, 0.3) is 0 Å². The summed E-state index contributed by atoms with van der Waals surface area (Å²) in [5, 5.41) is 0. The fourth-order valence-corrected chi connectivity index (χ4v) is 4.10. The van der Waals surface area contributed by atoms with Crippen molar-refractivity contribution >= 4 is 21.7 Å². The molecule has 6 nitrogen and oxygen atoms in total. The van der Waals surface area contributed by atoms with Crippen LogP contribution in [0.1, 0.15) is 5.56 Å². The van der Waals surface area contributed by atoms with Crippen LogP contribution in [0.5, 0.6) is 5.75 Å². The SMILES string of the molecule is COC(=O)COc1ccc(S(=O)(=O)N2CCc3ccccc32)cc1. The Kier molecular flexibility index (Phi) is 4.44. The fourth-order valence-electron chi connectivity index (χ4n) is 2.59. The maximum absolute atomic E-state index is 12.8. The first-order chi connectivity index (χ1) is 11.5. The summed E-state index contributed by atoms with van der Waals surface area (Å²) in [4.78, 5) is 11.2. The van der Waals surface area contributed by atoms with E-state index in [0.717, 1.165) is 11.3 Å². The van der Waals surface area contributed by atoms with Gasteiger partial charge >= 0.3 is 5.97 Å². The molecule has 1 aliphatic rings. The molecule has 2 aromatic rings. The molecule has 1 heterocycles. The van der Waals surface area contributed by atoms with Gasteiger partial charge in [0.2, 0.25) is 0 Å². The van der Waals surface area contributed by atoms with Crippen molar-refractivity contribution in [1.29, 1.82) is 0 Å². The summed E-state index contributed by atoms with van der Waals surface area (Å²) >= 11 is 0. The number of rotatable bonds is 5. The fraction of sp³-hybridized carbons (Fsp3) is 0.235. The Morgan fingerprint density at radius 2 is 1.83 bits per heavy atom. The number of hydrogen-bond acceptors (Lipinski definition) is 5. The third-order valence-electron chi connectivity index (χ3n) is 3.84. The number of hydrogen-bond donors (Lipinski definition) is 0. The van der Waals surface area contributed by atoms with Gasteiger partial charge in [-0.25, -0.2) is 13.2 Å². The van der Waals surface area contributed by atoms with Gasteiger partial charge < -0.3 is 9.47 Å². The standard InChI is InChI=1S/C17H17NO5S/c1-22-17(19)12-23-14-6-8-15(9-7-14)24(20,21)18-11-10-13-4-2-3-5-16(13)18/h2-9H,10-12H2,1H3. The van der Waals surface area contributed by atoms with Crippen LogP contribution >= 0.6 is 0 Å². The summed E-state index contributed by atoms with van der Waals surface area (Å²) in [6, 6.07) is 13.5. The van der Waals surface area contributed by atoms with E-state index in [9.17, 15) is 13.2 Å². The molecule has 0 spiro atoms. The van der Waals surface area contributed by atoms with Crippen LogP contribution < -0.4 is 9.04 Å². The lowest BCUT2D eigenvalue weighted by Gasteiger charge is -2.19. The first-order valence-corrected chi connectivity index (χ1v) is 8.87. The molecule has 0 bridgehead atoms. The van der Waals surface area contributed by atoms with Crippen molar-refractivity contribution in [2.24, 2.45) is 0 Å². The summed E-state index contributed by atoms with van der Waals surface area (Å²) in [7, 11) is -2.35. The van der Waals surface area contributed by atoms with E-state index in [1.807, 2.05) is 24.3 Å². The Bertz CT molecular complexity index is 846. The van der Waals surface area contributed by atoms with Crippen molar-refractivity contribution < 1.29 is 22.7 Å². The third-order valence-corrected chi connectivity index (χ3v) is 5.67. The van der Waals surface area contributed by atoms with Crippen LogP contribution in [-0.2, 0) is 26.0 Å². The van der Waals surface area contributed by atoms with Gasteiger partial charge in [-0.1, -0.05) is 18.2 Å². The lowest BCUT2D eigenvalue weighted by atomic mass is 10.2. The molecule has 0 atom stereocenters. The Morgan fingerprint density at radius 3 is 2.54 bits per heavy atom. The zero-order valence-corrected chi connectivity index (χ0v) is 14.0. The number of fused-ring (bicyclic) bond motifs is 1. The molecule has 0 saturated heterocycles. The van der Waals surface area contributed by atoms with Crippen molar-refractivity contribution in [1.82, 2.24) is 0 Å². The molecular weight excluding hydrogens is 330 g/mol. The number of carbonyl (C=O) groups excluding carboxylic acids is 1. The Hall–Kier alpha value is -2.54. The highest BCUT2D eigenvalue weighted by molar-refractivity contribution is 7.92. The highest BCUT2D eigenvalue weighted by Crippen LogP contribution is 2.32. The van der Waals surface area contributed by atoms with E-state index in [1.165, 1.54) is 35.7 Å². The predicted octanol–water partition coefficient (Wildman–Crippen LogP) is 1.99. The van der Waals surface area contributed by atoms with Gasteiger partial charge in [0.05, 0.1) is 17.7 Å². The average molecular weight is 347 g/mol. The molecule has 3 rings (SSSR count). The molecule has 0 unspecified atom stereocenters. The summed E-state index contributed by atoms with van der Waals surface area (Å²) in [6.45, 7) is 0.213. The zero-order valence-electron chi connectivity index (χ0n) is 13.1. The van der Waals surface area contributed by atoms with Crippen LogP contribution in [0, 0.1) is 0 Å². The van der Waals surface area contributed by atoms with Gasteiger partial charge in [0, 0.05) is 6.54 Å². The molecule has 126 valence electrons. The largest absolute Gasteiger partial charge is 0.482 e. The molecule has 0 N–H and O–H groups in total. The maximum Gasteiger partial charge on any atom is 0.343 e. The second kappa shape index (κ2) is 6.52. The van der Waals surface area contributed by atoms with E-state index >= 15 is 0 Å². The highest BCUT2D eigenvalue weighted by Gasteiger charge is 2.30. The number of benzene rings is 2. The van der Waals surface area contributed by atoms with Crippen LogP contribution in [0.4, 0.5) is 5.69 Å². The summed E-state index contributed by atoms with van der Waals surface area (Å²) < 4.78 is 36.8. The zero-order chi connectivity index (χ0) is 17.2. The van der Waals surface area contributed by atoms with Gasteiger partial charge in [0.1, 0.15) is 5.75 Å². The second-order valence-corrected chi connectivity index (χ2v) is 7.15. The van der Waals surface area contributed by atoms with E-state index in [1.54, 1.807) is 0 Å². The highest BCUT2D eigenvalue weighted by atomic mass is 32.2. The number of methoxy groups -OCH3 is 1. The molecule has 2 aromatic carbocycles. The summed E-state index contributed by atoms with van der Waals surface area (Å²) in [5.41, 5.74) is 1.75. The first kappa shape index (κ1) is 16.3. The van der Waals surface area contributed by atoms with Crippen molar-refractivity contribution in [2.75, 3.05) is 24.6 Å².